The highest BCUT2D eigenvalue weighted by molar-refractivity contribution is 9.08. The van der Waals surface area contributed by atoms with Crippen LogP contribution in [-0.2, 0) is 11.8 Å². The van der Waals surface area contributed by atoms with Gasteiger partial charge < -0.3 is 0 Å². The largest absolute Gasteiger partial charge is 0.103 e. The summed E-state index contributed by atoms with van der Waals surface area (Å²) in [6.45, 7) is 3.72. The number of hydrogen-bond donors (Lipinski definition) is 0. The molecule has 0 saturated heterocycles. The van der Waals surface area contributed by atoms with Gasteiger partial charge in [-0.25, -0.2) is 0 Å². The minimum Gasteiger partial charge on any atom is -0.103 e. The van der Waals surface area contributed by atoms with Gasteiger partial charge in [-0.1, -0.05) is 46.3 Å². The third kappa shape index (κ3) is 2.19. The van der Waals surface area contributed by atoms with Crippen LogP contribution >= 0.6 is 15.9 Å². The maximum Gasteiger partial charge on any atom is 0.0285 e. The predicted molar refractivity (Wildman–Crippen MR) is 53.0 cm³/mol. The first-order chi connectivity index (χ1) is 5.38. The summed E-state index contributed by atoms with van der Waals surface area (Å²) >= 11 is 3.44. The lowest BCUT2D eigenvalue weighted by Gasteiger charge is -2.02. The molecule has 0 heterocycles. The van der Waals surface area contributed by atoms with Gasteiger partial charge in [-0.3, -0.25) is 0 Å². The van der Waals surface area contributed by atoms with Gasteiger partial charge in [0.25, 0.3) is 0 Å². The number of alkyl halides is 1. The van der Waals surface area contributed by atoms with Crippen LogP contribution in [0.25, 0.3) is 0 Å². The highest BCUT2D eigenvalue weighted by Crippen LogP contribution is 2.12. The Labute approximate surface area is 76.1 Å². The van der Waals surface area contributed by atoms with Gasteiger partial charge in [-0.15, -0.1) is 6.58 Å². The molecule has 0 bridgehead atoms. The molecule has 0 aromatic heterocycles. The molecule has 1 aromatic carbocycles. The van der Waals surface area contributed by atoms with Crippen molar-refractivity contribution in [1.82, 2.24) is 0 Å². The van der Waals surface area contributed by atoms with E-state index in [1.54, 1.807) is 0 Å². The summed E-state index contributed by atoms with van der Waals surface area (Å²) in [6, 6.07) is 8.39. The molecule has 0 aliphatic carbocycles. The fourth-order valence-electron chi connectivity index (χ4n) is 1.04. The molecule has 0 aliphatic rings. The van der Waals surface area contributed by atoms with Crippen molar-refractivity contribution in [2.75, 3.05) is 0 Å². The SMILES string of the molecule is C=CCc1ccccc1CBr. The zero-order valence-corrected chi connectivity index (χ0v) is 7.97. The van der Waals surface area contributed by atoms with Gasteiger partial charge in [0.1, 0.15) is 0 Å². The molecule has 0 saturated carbocycles. The van der Waals surface area contributed by atoms with Crippen molar-refractivity contribution in [3.63, 3.8) is 0 Å². The Morgan fingerprint density at radius 1 is 1.27 bits per heavy atom. The maximum absolute atomic E-state index is 3.72. The molecule has 11 heavy (non-hydrogen) atoms. The van der Waals surface area contributed by atoms with E-state index >= 15 is 0 Å². The number of halogens is 1. The molecule has 0 fully saturated rings. The fourth-order valence-corrected chi connectivity index (χ4v) is 1.59. The van der Waals surface area contributed by atoms with Crippen molar-refractivity contribution in [2.45, 2.75) is 11.8 Å². The monoisotopic (exact) mass is 210 g/mol. The topological polar surface area (TPSA) is 0 Å². The molecule has 0 unspecified atom stereocenters. The minimum absolute atomic E-state index is 0.928. The molecule has 1 aromatic rings. The molecule has 58 valence electrons. The van der Waals surface area contributed by atoms with Gasteiger partial charge in [-0.05, 0) is 17.5 Å². The Balaban J connectivity index is 2.92. The van der Waals surface area contributed by atoms with Crippen molar-refractivity contribution in [1.29, 1.82) is 0 Å². The number of benzene rings is 1. The van der Waals surface area contributed by atoms with Crippen molar-refractivity contribution in [2.24, 2.45) is 0 Å². The normalized spacial score (nSPS) is 9.55. The van der Waals surface area contributed by atoms with Gasteiger partial charge in [0, 0.05) is 5.33 Å². The van der Waals surface area contributed by atoms with E-state index in [0.29, 0.717) is 0 Å². The van der Waals surface area contributed by atoms with Crippen LogP contribution < -0.4 is 0 Å². The zero-order valence-electron chi connectivity index (χ0n) is 6.39. The van der Waals surface area contributed by atoms with Gasteiger partial charge in [0.05, 0.1) is 0 Å². The second-order valence-electron chi connectivity index (χ2n) is 2.40. The number of rotatable bonds is 3. The summed E-state index contributed by atoms with van der Waals surface area (Å²) in [5, 5.41) is 0.928. The van der Waals surface area contributed by atoms with E-state index in [2.05, 4.69) is 46.8 Å². The van der Waals surface area contributed by atoms with E-state index < -0.39 is 0 Å². The molecular formula is C10H11Br. The van der Waals surface area contributed by atoms with Crippen LogP contribution in [0.15, 0.2) is 36.9 Å². The van der Waals surface area contributed by atoms with Gasteiger partial charge in [0.15, 0.2) is 0 Å². The third-order valence-corrected chi connectivity index (χ3v) is 2.23. The van der Waals surface area contributed by atoms with Gasteiger partial charge in [-0.2, -0.15) is 0 Å². The Bertz CT molecular complexity index is 240. The van der Waals surface area contributed by atoms with Crippen LogP contribution in [0.4, 0.5) is 0 Å². The highest BCUT2D eigenvalue weighted by Gasteiger charge is 1.95. The highest BCUT2D eigenvalue weighted by atomic mass is 79.9. The first-order valence-corrected chi connectivity index (χ1v) is 4.74. The van der Waals surface area contributed by atoms with E-state index in [4.69, 9.17) is 0 Å². The van der Waals surface area contributed by atoms with Gasteiger partial charge in [0.2, 0.25) is 0 Å². The van der Waals surface area contributed by atoms with Crippen LogP contribution in [0.3, 0.4) is 0 Å². The lowest BCUT2D eigenvalue weighted by molar-refractivity contribution is 1.21. The molecule has 0 amide bonds. The lowest BCUT2D eigenvalue weighted by Crippen LogP contribution is -1.87. The van der Waals surface area contributed by atoms with Crippen molar-refractivity contribution in [3.8, 4) is 0 Å². The van der Waals surface area contributed by atoms with Crippen LogP contribution in [-0.4, -0.2) is 0 Å². The molecule has 0 atom stereocenters. The second kappa shape index (κ2) is 4.35. The standard InChI is InChI=1S/C10H11Br/c1-2-5-9-6-3-4-7-10(9)8-11/h2-4,6-7H,1,5,8H2. The molecule has 1 rings (SSSR count). The summed E-state index contributed by atoms with van der Waals surface area (Å²) in [6.07, 6.45) is 2.89. The van der Waals surface area contributed by atoms with Crippen LogP contribution in [0.1, 0.15) is 11.1 Å². The Kier molecular flexibility index (Phi) is 3.37. The summed E-state index contributed by atoms with van der Waals surface area (Å²) < 4.78 is 0. The Hall–Kier alpha value is -0.560. The number of allylic oxidation sites excluding steroid dienone is 1. The van der Waals surface area contributed by atoms with Crippen LogP contribution in [0.2, 0.25) is 0 Å². The van der Waals surface area contributed by atoms with E-state index in [9.17, 15) is 0 Å². The molecule has 0 aliphatic heterocycles. The molecule has 0 spiro atoms. The van der Waals surface area contributed by atoms with E-state index in [1.165, 1.54) is 11.1 Å². The first kappa shape index (κ1) is 8.54. The van der Waals surface area contributed by atoms with Crippen molar-refractivity contribution in [3.05, 3.63) is 48.0 Å². The third-order valence-electron chi connectivity index (χ3n) is 1.63. The van der Waals surface area contributed by atoms with Crippen molar-refractivity contribution >= 4 is 15.9 Å². The average Bonchev–Trinajstić information content (AvgIpc) is 2.06. The Morgan fingerprint density at radius 3 is 2.45 bits per heavy atom. The fraction of sp³-hybridized carbons (Fsp3) is 0.200. The maximum atomic E-state index is 3.72. The van der Waals surface area contributed by atoms with Crippen LogP contribution in [0.5, 0.6) is 0 Å². The average molecular weight is 211 g/mol. The number of hydrogen-bond acceptors (Lipinski definition) is 0. The summed E-state index contributed by atoms with van der Waals surface area (Å²) in [7, 11) is 0. The zero-order chi connectivity index (χ0) is 8.10. The Morgan fingerprint density at radius 2 is 1.91 bits per heavy atom. The first-order valence-electron chi connectivity index (χ1n) is 3.62. The second-order valence-corrected chi connectivity index (χ2v) is 2.96. The molecular weight excluding hydrogens is 200 g/mol. The van der Waals surface area contributed by atoms with Gasteiger partial charge >= 0.3 is 0 Å². The van der Waals surface area contributed by atoms with E-state index in [1.807, 2.05) is 6.08 Å². The summed E-state index contributed by atoms with van der Waals surface area (Å²) in [4.78, 5) is 0. The van der Waals surface area contributed by atoms with Crippen molar-refractivity contribution < 1.29 is 0 Å². The molecule has 0 N–H and O–H groups in total. The lowest BCUT2D eigenvalue weighted by atomic mass is 10.1. The smallest absolute Gasteiger partial charge is 0.0285 e. The van der Waals surface area contributed by atoms with E-state index in [-0.39, 0.29) is 0 Å². The predicted octanol–water partition coefficient (Wildman–Crippen LogP) is 3.31. The quantitative estimate of drug-likeness (QED) is 0.531. The van der Waals surface area contributed by atoms with Crippen LogP contribution in [0, 0.1) is 0 Å². The molecule has 1 heteroatoms. The minimum atomic E-state index is 0.928. The summed E-state index contributed by atoms with van der Waals surface area (Å²) in [5.74, 6) is 0. The molecule has 0 nitrogen and oxygen atoms in total. The van der Waals surface area contributed by atoms with E-state index in [0.717, 1.165) is 11.8 Å². The summed E-state index contributed by atoms with van der Waals surface area (Å²) in [5.41, 5.74) is 2.71. The molecule has 0 radical (unpaired) electrons.